The molecule has 0 radical (unpaired) electrons. The first kappa shape index (κ1) is 17.2. The smallest absolute Gasteiger partial charge is 0.412 e. The number of halogens is 1. The van der Waals surface area contributed by atoms with Crippen LogP contribution in [0, 0.1) is 6.92 Å². The normalized spacial score (nSPS) is 12.0. The SMILES string of the molecule is Cc1onc(-c2ccccc2)c1N(C(=O)O)[C@H](C)c1ccccc1Br. The Morgan fingerprint density at radius 1 is 1.16 bits per heavy atom. The fourth-order valence-corrected chi connectivity index (χ4v) is 3.46. The van der Waals surface area contributed by atoms with Gasteiger partial charge in [0.1, 0.15) is 11.4 Å². The van der Waals surface area contributed by atoms with Crippen LogP contribution < -0.4 is 4.90 Å². The topological polar surface area (TPSA) is 66.6 Å². The number of carbonyl (C=O) groups is 1. The quantitative estimate of drug-likeness (QED) is 0.613. The number of aryl methyl sites for hydroxylation is 1. The van der Waals surface area contributed by atoms with E-state index in [4.69, 9.17) is 4.52 Å². The highest BCUT2D eigenvalue weighted by atomic mass is 79.9. The van der Waals surface area contributed by atoms with Crippen molar-refractivity contribution in [3.05, 3.63) is 70.4 Å². The van der Waals surface area contributed by atoms with E-state index in [2.05, 4.69) is 21.1 Å². The minimum Gasteiger partial charge on any atom is -0.465 e. The molecule has 0 fully saturated rings. The summed E-state index contributed by atoms with van der Waals surface area (Å²) in [7, 11) is 0. The zero-order valence-corrected chi connectivity index (χ0v) is 15.4. The Bertz CT molecular complexity index is 893. The van der Waals surface area contributed by atoms with Gasteiger partial charge in [0.2, 0.25) is 0 Å². The van der Waals surface area contributed by atoms with Crippen molar-refractivity contribution in [2.24, 2.45) is 0 Å². The summed E-state index contributed by atoms with van der Waals surface area (Å²) in [4.78, 5) is 13.4. The molecule has 1 N–H and O–H groups in total. The predicted octanol–water partition coefficient (Wildman–Crippen LogP) is 5.66. The molecule has 128 valence electrons. The molecule has 1 heterocycles. The summed E-state index contributed by atoms with van der Waals surface area (Å²) in [6.07, 6.45) is -1.06. The molecular formula is C19H17BrN2O3. The average molecular weight is 401 g/mol. The molecule has 6 heteroatoms. The molecule has 0 saturated heterocycles. The third-order valence-corrected chi connectivity index (χ3v) is 4.79. The molecule has 0 bridgehead atoms. The Labute approximate surface area is 154 Å². The van der Waals surface area contributed by atoms with Crippen molar-refractivity contribution in [3.8, 4) is 11.3 Å². The highest BCUT2D eigenvalue weighted by molar-refractivity contribution is 9.10. The highest BCUT2D eigenvalue weighted by Gasteiger charge is 2.31. The average Bonchev–Trinajstić information content (AvgIpc) is 2.97. The van der Waals surface area contributed by atoms with Crippen LogP contribution >= 0.6 is 15.9 Å². The van der Waals surface area contributed by atoms with Gasteiger partial charge in [0.05, 0.1) is 6.04 Å². The number of rotatable bonds is 4. The molecular weight excluding hydrogens is 384 g/mol. The third kappa shape index (κ3) is 3.30. The molecule has 1 aromatic heterocycles. The molecule has 0 aliphatic heterocycles. The zero-order valence-electron chi connectivity index (χ0n) is 13.8. The van der Waals surface area contributed by atoms with Crippen LogP contribution in [-0.2, 0) is 0 Å². The molecule has 3 rings (SSSR count). The maximum absolute atomic E-state index is 12.1. The van der Waals surface area contributed by atoms with Crippen molar-refractivity contribution >= 4 is 27.7 Å². The minimum atomic E-state index is -1.06. The number of aromatic nitrogens is 1. The number of nitrogens with zero attached hydrogens (tertiary/aromatic N) is 2. The van der Waals surface area contributed by atoms with Gasteiger partial charge < -0.3 is 9.63 Å². The molecule has 25 heavy (non-hydrogen) atoms. The molecule has 0 unspecified atom stereocenters. The van der Waals surface area contributed by atoms with E-state index in [1.54, 1.807) is 6.92 Å². The molecule has 1 atom stereocenters. The van der Waals surface area contributed by atoms with Crippen LogP contribution in [-0.4, -0.2) is 16.4 Å². The largest absolute Gasteiger partial charge is 0.465 e. The van der Waals surface area contributed by atoms with Crippen LogP contribution in [0.3, 0.4) is 0 Å². The summed E-state index contributed by atoms with van der Waals surface area (Å²) in [6.45, 7) is 3.56. The van der Waals surface area contributed by atoms with Crippen molar-refractivity contribution in [2.45, 2.75) is 19.9 Å². The van der Waals surface area contributed by atoms with Crippen molar-refractivity contribution in [2.75, 3.05) is 4.90 Å². The van der Waals surface area contributed by atoms with Gasteiger partial charge in [-0.25, -0.2) is 4.79 Å². The molecule has 0 aliphatic carbocycles. The Hall–Kier alpha value is -2.60. The van der Waals surface area contributed by atoms with E-state index in [1.165, 1.54) is 4.90 Å². The van der Waals surface area contributed by atoms with Gasteiger partial charge in [-0.2, -0.15) is 0 Å². The van der Waals surface area contributed by atoms with Gasteiger partial charge in [-0.1, -0.05) is 69.6 Å². The van der Waals surface area contributed by atoms with E-state index in [9.17, 15) is 9.90 Å². The Morgan fingerprint density at radius 3 is 2.44 bits per heavy atom. The Morgan fingerprint density at radius 2 is 1.80 bits per heavy atom. The second-order valence-corrected chi connectivity index (χ2v) is 6.51. The van der Waals surface area contributed by atoms with Gasteiger partial charge >= 0.3 is 6.09 Å². The van der Waals surface area contributed by atoms with E-state index >= 15 is 0 Å². The second-order valence-electron chi connectivity index (χ2n) is 5.65. The van der Waals surface area contributed by atoms with Crippen molar-refractivity contribution in [1.82, 2.24) is 5.16 Å². The first-order valence-corrected chi connectivity index (χ1v) is 8.58. The molecule has 0 spiro atoms. The summed E-state index contributed by atoms with van der Waals surface area (Å²) in [5.74, 6) is 0.458. The molecule has 0 aliphatic rings. The van der Waals surface area contributed by atoms with E-state index in [0.29, 0.717) is 17.1 Å². The van der Waals surface area contributed by atoms with Crippen LogP contribution in [0.5, 0.6) is 0 Å². The lowest BCUT2D eigenvalue weighted by molar-refractivity contribution is 0.199. The minimum absolute atomic E-state index is 0.423. The monoisotopic (exact) mass is 400 g/mol. The van der Waals surface area contributed by atoms with Crippen LogP contribution in [0.2, 0.25) is 0 Å². The van der Waals surface area contributed by atoms with Crippen LogP contribution in [0.1, 0.15) is 24.3 Å². The fraction of sp³-hybridized carbons (Fsp3) is 0.158. The van der Waals surface area contributed by atoms with Gasteiger partial charge in [-0.05, 0) is 25.5 Å². The van der Waals surface area contributed by atoms with Gasteiger partial charge in [0, 0.05) is 10.0 Å². The zero-order chi connectivity index (χ0) is 18.0. The number of amides is 1. The van der Waals surface area contributed by atoms with Gasteiger partial charge in [0.25, 0.3) is 0 Å². The van der Waals surface area contributed by atoms with E-state index in [0.717, 1.165) is 15.6 Å². The first-order valence-electron chi connectivity index (χ1n) is 7.79. The number of benzene rings is 2. The molecule has 1 amide bonds. The maximum Gasteiger partial charge on any atom is 0.412 e. The van der Waals surface area contributed by atoms with Crippen LogP contribution in [0.15, 0.2) is 63.6 Å². The van der Waals surface area contributed by atoms with Gasteiger partial charge in [0.15, 0.2) is 5.76 Å². The van der Waals surface area contributed by atoms with Gasteiger partial charge in [-0.15, -0.1) is 0 Å². The van der Waals surface area contributed by atoms with Crippen LogP contribution in [0.4, 0.5) is 10.5 Å². The Balaban J connectivity index is 2.13. The Kier molecular flexibility index (Phi) is 4.90. The number of hydrogen-bond donors (Lipinski definition) is 1. The first-order chi connectivity index (χ1) is 12.0. The van der Waals surface area contributed by atoms with Crippen molar-refractivity contribution < 1.29 is 14.4 Å². The van der Waals surface area contributed by atoms with Gasteiger partial charge in [-0.3, -0.25) is 4.90 Å². The lowest BCUT2D eigenvalue weighted by Crippen LogP contribution is -2.33. The maximum atomic E-state index is 12.1. The molecule has 3 aromatic rings. The molecule has 0 saturated carbocycles. The van der Waals surface area contributed by atoms with Crippen molar-refractivity contribution in [3.63, 3.8) is 0 Å². The lowest BCUT2D eigenvalue weighted by Gasteiger charge is -2.27. The second kappa shape index (κ2) is 7.11. The van der Waals surface area contributed by atoms with E-state index in [-0.39, 0.29) is 0 Å². The predicted molar refractivity (Wildman–Crippen MR) is 99.7 cm³/mol. The van der Waals surface area contributed by atoms with E-state index < -0.39 is 12.1 Å². The summed E-state index contributed by atoms with van der Waals surface area (Å²) in [5.41, 5.74) is 2.64. The van der Waals surface area contributed by atoms with E-state index in [1.807, 2.05) is 61.5 Å². The summed E-state index contributed by atoms with van der Waals surface area (Å²) >= 11 is 3.50. The highest BCUT2D eigenvalue weighted by Crippen LogP contribution is 2.39. The lowest BCUT2D eigenvalue weighted by atomic mass is 10.0. The molecule has 2 aromatic carbocycles. The fourth-order valence-electron chi connectivity index (χ4n) is 2.84. The molecule has 5 nitrogen and oxygen atoms in total. The third-order valence-electron chi connectivity index (χ3n) is 4.07. The van der Waals surface area contributed by atoms with Crippen LogP contribution in [0.25, 0.3) is 11.3 Å². The summed E-state index contributed by atoms with van der Waals surface area (Å²) in [6, 6.07) is 16.6. The number of anilines is 1. The summed E-state index contributed by atoms with van der Waals surface area (Å²) < 4.78 is 6.18. The number of carboxylic acid groups (broad SMARTS) is 1. The number of hydrogen-bond acceptors (Lipinski definition) is 3. The standard InChI is InChI=1S/C19H17BrN2O3/c1-12(15-10-6-7-11-16(15)20)22(19(23)24)18-13(2)25-21-17(18)14-8-4-3-5-9-14/h3-12H,1-2H3,(H,23,24)/t12-/m1/s1. The van der Waals surface area contributed by atoms with Crippen molar-refractivity contribution in [1.29, 1.82) is 0 Å². The summed E-state index contributed by atoms with van der Waals surface area (Å²) in [5, 5.41) is 14.0.